The van der Waals surface area contributed by atoms with Crippen molar-refractivity contribution in [1.29, 1.82) is 0 Å². The van der Waals surface area contributed by atoms with Crippen LogP contribution >= 0.6 is 0 Å². The highest BCUT2D eigenvalue weighted by atomic mass is 16.4. The summed E-state index contributed by atoms with van der Waals surface area (Å²) in [6, 6.07) is 5.46. The molecule has 0 saturated heterocycles. The third kappa shape index (κ3) is 1.96. The van der Waals surface area contributed by atoms with Gasteiger partial charge in [0.1, 0.15) is 0 Å². The van der Waals surface area contributed by atoms with Gasteiger partial charge in [-0.15, -0.1) is 0 Å². The lowest BCUT2D eigenvalue weighted by molar-refractivity contribution is 0.424. The van der Waals surface area contributed by atoms with Crippen LogP contribution in [0, 0.1) is 0 Å². The first-order valence-corrected chi connectivity index (χ1v) is 5.10. The van der Waals surface area contributed by atoms with E-state index in [4.69, 9.17) is 10.0 Å². The number of hydrogen-bond acceptors (Lipinski definition) is 3. The largest absolute Gasteiger partial charge is 0.508 e. The zero-order valence-electron chi connectivity index (χ0n) is 8.06. The molecule has 1 aliphatic rings. The molecule has 0 radical (unpaired) electrons. The van der Waals surface area contributed by atoms with Crippen LogP contribution in [0.2, 0.25) is 0 Å². The summed E-state index contributed by atoms with van der Waals surface area (Å²) in [5.41, 5.74) is 1.36. The summed E-state index contributed by atoms with van der Waals surface area (Å²) in [6.45, 7) is 0. The minimum absolute atomic E-state index is 0.356. The molecule has 1 aliphatic carbocycles. The monoisotopic (exact) mass is 191 g/mol. The number of aromatic nitrogens is 1. The average Bonchev–Trinajstić information content (AvgIpc) is 2.71. The molecule has 3 nitrogen and oxygen atoms in total. The van der Waals surface area contributed by atoms with E-state index in [1.54, 1.807) is 6.07 Å². The first-order valence-electron chi connectivity index (χ1n) is 5.10. The highest BCUT2D eigenvalue weighted by molar-refractivity contribution is 6.57. The summed E-state index contributed by atoms with van der Waals surface area (Å²) in [4.78, 5) is 4.25. The fourth-order valence-corrected chi connectivity index (χ4v) is 2.06. The highest BCUT2D eigenvalue weighted by Crippen LogP contribution is 2.32. The Morgan fingerprint density at radius 2 is 1.93 bits per heavy atom. The summed E-state index contributed by atoms with van der Waals surface area (Å²) < 4.78 is 0. The van der Waals surface area contributed by atoms with Gasteiger partial charge in [-0.25, -0.2) is 0 Å². The molecule has 1 aromatic heterocycles. The van der Waals surface area contributed by atoms with Crippen molar-refractivity contribution in [2.45, 2.75) is 31.6 Å². The number of pyridine rings is 1. The Kier molecular flexibility index (Phi) is 2.84. The Balaban J connectivity index is 2.21. The number of nitrogens with zero attached hydrogens (tertiary/aromatic N) is 1. The summed E-state index contributed by atoms with van der Waals surface area (Å²) in [7, 11) is -1.45. The molecule has 0 amide bonds. The lowest BCUT2D eigenvalue weighted by Gasteiger charge is -2.09. The molecule has 1 heterocycles. The normalized spacial score (nSPS) is 17.3. The smallest absolute Gasteiger partial charge is 0.422 e. The van der Waals surface area contributed by atoms with Gasteiger partial charge in [0.15, 0.2) is 0 Å². The van der Waals surface area contributed by atoms with Gasteiger partial charge in [0, 0.05) is 11.6 Å². The minimum atomic E-state index is -1.45. The number of hydrogen-bond donors (Lipinski definition) is 2. The molecule has 1 saturated carbocycles. The maximum atomic E-state index is 8.98. The van der Waals surface area contributed by atoms with Gasteiger partial charge in [0.25, 0.3) is 0 Å². The van der Waals surface area contributed by atoms with Crippen molar-refractivity contribution in [3.05, 3.63) is 23.9 Å². The second-order valence-electron chi connectivity index (χ2n) is 3.84. The van der Waals surface area contributed by atoms with Crippen molar-refractivity contribution < 1.29 is 10.0 Å². The molecule has 74 valence electrons. The van der Waals surface area contributed by atoms with Crippen LogP contribution < -0.4 is 5.59 Å². The minimum Gasteiger partial charge on any atom is -0.422 e. The molecule has 0 atom stereocenters. The molecular formula is C10H14BNO2. The van der Waals surface area contributed by atoms with E-state index in [2.05, 4.69) is 4.98 Å². The molecule has 4 heteroatoms. The molecule has 0 spiro atoms. The Morgan fingerprint density at radius 3 is 2.57 bits per heavy atom. The standard InChI is InChI=1S/C10H14BNO2/c13-11(14)10-7-3-6-9(12-10)8-4-1-2-5-8/h3,6-8,13-14H,1-2,4-5H2. The van der Waals surface area contributed by atoms with Crippen molar-refractivity contribution in [3.8, 4) is 0 Å². The van der Waals surface area contributed by atoms with Crippen molar-refractivity contribution in [2.24, 2.45) is 0 Å². The van der Waals surface area contributed by atoms with Crippen molar-refractivity contribution in [1.82, 2.24) is 4.98 Å². The Hall–Kier alpha value is -0.865. The van der Waals surface area contributed by atoms with Crippen molar-refractivity contribution in [2.75, 3.05) is 0 Å². The van der Waals surface area contributed by atoms with E-state index < -0.39 is 7.12 Å². The maximum Gasteiger partial charge on any atom is 0.508 e. The van der Waals surface area contributed by atoms with E-state index in [0.717, 1.165) is 5.69 Å². The number of rotatable bonds is 2. The second-order valence-corrected chi connectivity index (χ2v) is 3.84. The summed E-state index contributed by atoms with van der Waals surface area (Å²) in [5, 5.41) is 18.0. The zero-order chi connectivity index (χ0) is 9.97. The van der Waals surface area contributed by atoms with Crippen LogP contribution in [0.5, 0.6) is 0 Å². The molecule has 1 aromatic rings. The van der Waals surface area contributed by atoms with Gasteiger partial charge in [0.05, 0.1) is 5.59 Å². The fraction of sp³-hybridized carbons (Fsp3) is 0.500. The van der Waals surface area contributed by atoms with Crippen LogP contribution in [0.1, 0.15) is 37.3 Å². The quantitative estimate of drug-likeness (QED) is 0.666. The van der Waals surface area contributed by atoms with E-state index in [1.807, 2.05) is 12.1 Å². The molecule has 0 aliphatic heterocycles. The molecule has 2 rings (SSSR count). The zero-order valence-corrected chi connectivity index (χ0v) is 8.06. The van der Waals surface area contributed by atoms with Crippen molar-refractivity contribution >= 4 is 12.7 Å². The lowest BCUT2D eigenvalue weighted by atomic mass is 9.85. The molecule has 0 unspecified atom stereocenters. The second kappa shape index (κ2) is 4.11. The van der Waals surface area contributed by atoms with Gasteiger partial charge >= 0.3 is 7.12 Å². The van der Waals surface area contributed by atoms with Crippen LogP contribution in [-0.2, 0) is 0 Å². The predicted octanol–water partition coefficient (Wildman–Crippen LogP) is 0.419. The lowest BCUT2D eigenvalue weighted by Crippen LogP contribution is -2.33. The first kappa shape index (κ1) is 9.68. The van der Waals surface area contributed by atoms with Gasteiger partial charge < -0.3 is 10.0 Å². The van der Waals surface area contributed by atoms with Gasteiger partial charge in [-0.2, -0.15) is 0 Å². The van der Waals surface area contributed by atoms with Crippen LogP contribution in [0.4, 0.5) is 0 Å². The third-order valence-corrected chi connectivity index (χ3v) is 2.83. The molecular weight excluding hydrogens is 177 g/mol. The van der Waals surface area contributed by atoms with Crippen LogP contribution in [0.3, 0.4) is 0 Å². The van der Waals surface area contributed by atoms with E-state index in [-0.39, 0.29) is 0 Å². The van der Waals surface area contributed by atoms with Crippen LogP contribution in [0.15, 0.2) is 18.2 Å². The van der Waals surface area contributed by atoms with Gasteiger partial charge in [-0.1, -0.05) is 18.9 Å². The molecule has 14 heavy (non-hydrogen) atoms. The van der Waals surface area contributed by atoms with E-state index in [9.17, 15) is 0 Å². The van der Waals surface area contributed by atoms with Gasteiger partial charge in [-0.05, 0) is 25.0 Å². The maximum absolute atomic E-state index is 8.98. The highest BCUT2D eigenvalue weighted by Gasteiger charge is 2.20. The van der Waals surface area contributed by atoms with Crippen LogP contribution in [-0.4, -0.2) is 22.2 Å². The SMILES string of the molecule is OB(O)c1cccc(C2CCCC2)n1. The summed E-state index contributed by atoms with van der Waals surface area (Å²) >= 11 is 0. The van der Waals surface area contributed by atoms with E-state index in [1.165, 1.54) is 25.7 Å². The molecule has 2 N–H and O–H groups in total. The van der Waals surface area contributed by atoms with E-state index >= 15 is 0 Å². The average molecular weight is 191 g/mol. The van der Waals surface area contributed by atoms with Gasteiger partial charge in [0.2, 0.25) is 0 Å². The summed E-state index contributed by atoms with van der Waals surface area (Å²) in [6.07, 6.45) is 4.88. The van der Waals surface area contributed by atoms with Gasteiger partial charge in [-0.3, -0.25) is 4.98 Å². The first-order chi connectivity index (χ1) is 6.77. The molecule has 1 fully saturated rings. The fourth-order valence-electron chi connectivity index (χ4n) is 2.06. The summed E-state index contributed by atoms with van der Waals surface area (Å²) in [5.74, 6) is 0.522. The topological polar surface area (TPSA) is 53.4 Å². The molecule has 0 bridgehead atoms. The molecule has 0 aromatic carbocycles. The Morgan fingerprint density at radius 1 is 1.21 bits per heavy atom. The third-order valence-electron chi connectivity index (χ3n) is 2.83. The Bertz CT molecular complexity index is 311. The van der Waals surface area contributed by atoms with Crippen molar-refractivity contribution in [3.63, 3.8) is 0 Å². The van der Waals surface area contributed by atoms with Crippen LogP contribution in [0.25, 0.3) is 0 Å². The van der Waals surface area contributed by atoms with E-state index in [0.29, 0.717) is 11.5 Å². The predicted molar refractivity (Wildman–Crippen MR) is 55.3 cm³/mol. The Labute approximate surface area is 84.0 Å².